The summed E-state index contributed by atoms with van der Waals surface area (Å²) in [6.07, 6.45) is -0.802. The maximum atomic E-state index is 12.3. The molecule has 2 amide bonds. The second-order valence-corrected chi connectivity index (χ2v) is 7.38. The quantitative estimate of drug-likeness (QED) is 0.327. The first-order valence-electron chi connectivity index (χ1n) is 8.24. The molecule has 1 aromatic rings. The molecule has 1 aromatic carbocycles. The van der Waals surface area contributed by atoms with Crippen LogP contribution in [0.15, 0.2) is 30.3 Å². The molecular weight excluding hydrogens is 408 g/mol. The van der Waals surface area contributed by atoms with Gasteiger partial charge in [0.25, 0.3) is 0 Å². The molecule has 9 nitrogen and oxygen atoms in total. The lowest BCUT2D eigenvalue weighted by Crippen LogP contribution is -2.49. The fraction of sp³-hybridized carbons (Fsp3) is 0.412. The molecule has 154 valence electrons. The third-order valence-electron chi connectivity index (χ3n) is 3.06. The Morgan fingerprint density at radius 2 is 1.82 bits per heavy atom. The molecule has 0 saturated heterocycles. The number of esters is 1. The van der Waals surface area contributed by atoms with Crippen LogP contribution in [0.1, 0.15) is 12.5 Å². The predicted molar refractivity (Wildman–Crippen MR) is 106 cm³/mol. The predicted octanol–water partition coefficient (Wildman–Crippen LogP) is 2.11. The van der Waals surface area contributed by atoms with Crippen molar-refractivity contribution in [2.75, 3.05) is 26.0 Å². The van der Waals surface area contributed by atoms with Gasteiger partial charge in [0.15, 0.2) is 0 Å². The van der Waals surface area contributed by atoms with E-state index in [9.17, 15) is 19.2 Å². The van der Waals surface area contributed by atoms with Crippen molar-refractivity contribution >= 4 is 44.9 Å². The van der Waals surface area contributed by atoms with Gasteiger partial charge in [-0.25, -0.2) is 9.59 Å². The molecule has 0 saturated carbocycles. The highest BCUT2D eigenvalue weighted by Gasteiger charge is 2.23. The summed E-state index contributed by atoms with van der Waals surface area (Å²) in [5.41, 5.74) is 0.789. The molecule has 28 heavy (non-hydrogen) atoms. The van der Waals surface area contributed by atoms with Gasteiger partial charge in [-0.15, -0.1) is 0 Å². The maximum Gasteiger partial charge on any atom is 0.408 e. The van der Waals surface area contributed by atoms with Crippen LogP contribution in [0.5, 0.6) is 0 Å². The zero-order valence-corrected chi connectivity index (χ0v) is 17.1. The maximum absolute atomic E-state index is 12.3. The Kier molecular flexibility index (Phi) is 11.6. The number of alkyl carbamates (subject to hydrolysis) is 1. The highest BCUT2D eigenvalue weighted by Crippen LogP contribution is 2.24. The SMILES string of the molecule is CCOC(=O)CNC(=O)C(CSSC(=O)OC)NC(=O)OCc1ccccc1. The molecule has 1 rings (SSSR count). The average molecular weight is 431 g/mol. The van der Waals surface area contributed by atoms with E-state index in [2.05, 4.69) is 15.4 Å². The van der Waals surface area contributed by atoms with E-state index in [0.717, 1.165) is 27.2 Å². The van der Waals surface area contributed by atoms with Gasteiger partial charge in [0.1, 0.15) is 19.2 Å². The summed E-state index contributed by atoms with van der Waals surface area (Å²) in [6.45, 7) is 1.54. The zero-order valence-electron chi connectivity index (χ0n) is 15.5. The molecule has 0 aliphatic rings. The van der Waals surface area contributed by atoms with Crippen molar-refractivity contribution in [1.82, 2.24) is 10.6 Å². The van der Waals surface area contributed by atoms with Crippen LogP contribution in [-0.4, -0.2) is 55.3 Å². The van der Waals surface area contributed by atoms with Crippen LogP contribution in [-0.2, 0) is 30.4 Å². The fourth-order valence-electron chi connectivity index (χ4n) is 1.77. The van der Waals surface area contributed by atoms with Crippen LogP contribution in [0.4, 0.5) is 9.59 Å². The lowest BCUT2D eigenvalue weighted by atomic mass is 10.2. The third kappa shape index (κ3) is 10.1. The Bertz CT molecular complexity index is 658. The van der Waals surface area contributed by atoms with E-state index >= 15 is 0 Å². The fourth-order valence-corrected chi connectivity index (χ4v) is 3.48. The summed E-state index contributed by atoms with van der Waals surface area (Å²) in [4.78, 5) is 46.8. The standard InChI is InChI=1S/C17H22N2O7S2/c1-3-25-14(20)9-18-15(21)13(11-27-28-17(23)24-2)19-16(22)26-10-12-7-5-4-6-8-12/h4-8,13H,3,9-11H2,1-2H3,(H,18,21)(H,19,22). The van der Waals surface area contributed by atoms with Gasteiger partial charge in [-0.1, -0.05) is 41.1 Å². The average Bonchev–Trinajstić information content (AvgIpc) is 2.70. The number of methoxy groups -OCH3 is 1. The molecular formula is C17H22N2O7S2. The second-order valence-electron chi connectivity index (χ2n) is 5.10. The number of benzene rings is 1. The van der Waals surface area contributed by atoms with Gasteiger partial charge in [-0.3, -0.25) is 9.59 Å². The molecule has 0 aromatic heterocycles. The smallest absolute Gasteiger partial charge is 0.408 e. The zero-order chi connectivity index (χ0) is 20.8. The summed E-state index contributed by atoms with van der Waals surface area (Å²) in [5, 5.41) is 4.26. The van der Waals surface area contributed by atoms with Crippen molar-refractivity contribution < 1.29 is 33.4 Å². The van der Waals surface area contributed by atoms with Gasteiger partial charge >= 0.3 is 17.4 Å². The Balaban J connectivity index is 2.56. The van der Waals surface area contributed by atoms with E-state index in [-0.39, 0.29) is 25.5 Å². The molecule has 0 aliphatic carbocycles. The first-order chi connectivity index (χ1) is 13.5. The van der Waals surface area contributed by atoms with E-state index in [1.807, 2.05) is 18.2 Å². The third-order valence-corrected chi connectivity index (χ3v) is 5.12. The van der Waals surface area contributed by atoms with Crippen molar-refractivity contribution in [2.24, 2.45) is 0 Å². The Morgan fingerprint density at radius 1 is 1.11 bits per heavy atom. The molecule has 0 aliphatic heterocycles. The van der Waals surface area contributed by atoms with Crippen molar-refractivity contribution in [3.63, 3.8) is 0 Å². The molecule has 0 heterocycles. The Labute approximate surface area is 170 Å². The van der Waals surface area contributed by atoms with Gasteiger partial charge < -0.3 is 24.8 Å². The summed E-state index contributed by atoms with van der Waals surface area (Å²) < 4.78 is 14.3. The van der Waals surface area contributed by atoms with Gasteiger partial charge in [-0.05, 0) is 12.5 Å². The van der Waals surface area contributed by atoms with Gasteiger partial charge in [-0.2, -0.15) is 0 Å². The number of hydrogen-bond donors (Lipinski definition) is 2. The summed E-state index contributed by atoms with van der Waals surface area (Å²) in [5.74, 6) is -1.16. The lowest BCUT2D eigenvalue weighted by Gasteiger charge is -2.17. The minimum absolute atomic E-state index is 0.0356. The number of carbonyl (C=O) groups is 4. The number of amides is 2. The van der Waals surface area contributed by atoms with Crippen LogP contribution >= 0.6 is 21.6 Å². The van der Waals surface area contributed by atoms with Crippen molar-refractivity contribution in [1.29, 1.82) is 0 Å². The molecule has 1 atom stereocenters. The molecule has 1 unspecified atom stereocenters. The van der Waals surface area contributed by atoms with E-state index in [0.29, 0.717) is 0 Å². The highest BCUT2D eigenvalue weighted by molar-refractivity contribution is 8.82. The minimum atomic E-state index is -1.03. The molecule has 2 N–H and O–H groups in total. The number of nitrogens with one attached hydrogen (secondary N) is 2. The van der Waals surface area contributed by atoms with Gasteiger partial charge in [0.05, 0.1) is 13.7 Å². The van der Waals surface area contributed by atoms with Gasteiger partial charge in [0, 0.05) is 16.5 Å². The Morgan fingerprint density at radius 3 is 2.46 bits per heavy atom. The van der Waals surface area contributed by atoms with E-state index in [4.69, 9.17) is 9.47 Å². The van der Waals surface area contributed by atoms with Crippen LogP contribution in [0.2, 0.25) is 0 Å². The van der Waals surface area contributed by atoms with E-state index < -0.39 is 29.3 Å². The van der Waals surface area contributed by atoms with Crippen LogP contribution in [0, 0.1) is 0 Å². The van der Waals surface area contributed by atoms with Crippen LogP contribution in [0.25, 0.3) is 0 Å². The van der Waals surface area contributed by atoms with Crippen molar-refractivity contribution in [2.45, 2.75) is 19.6 Å². The largest absolute Gasteiger partial charge is 0.465 e. The van der Waals surface area contributed by atoms with Crippen LogP contribution < -0.4 is 10.6 Å². The lowest BCUT2D eigenvalue weighted by molar-refractivity contribution is -0.143. The minimum Gasteiger partial charge on any atom is -0.465 e. The molecule has 0 fully saturated rings. The first kappa shape index (κ1) is 23.6. The van der Waals surface area contributed by atoms with E-state index in [1.54, 1.807) is 19.1 Å². The molecule has 11 heteroatoms. The number of carbonyl (C=O) groups excluding carboxylic acids is 4. The van der Waals surface area contributed by atoms with Gasteiger partial charge in [0.2, 0.25) is 5.91 Å². The summed E-state index contributed by atoms with van der Waals surface area (Å²) in [7, 11) is 3.04. The number of hydrogen-bond acceptors (Lipinski definition) is 9. The monoisotopic (exact) mass is 430 g/mol. The highest BCUT2D eigenvalue weighted by atomic mass is 33.1. The summed E-state index contributed by atoms with van der Waals surface area (Å²) >= 11 is 0. The molecule has 0 spiro atoms. The van der Waals surface area contributed by atoms with Crippen molar-refractivity contribution in [3.8, 4) is 0 Å². The summed E-state index contributed by atoms with van der Waals surface area (Å²) in [6, 6.07) is 8.01. The van der Waals surface area contributed by atoms with Crippen molar-refractivity contribution in [3.05, 3.63) is 35.9 Å². The topological polar surface area (TPSA) is 120 Å². The first-order valence-corrected chi connectivity index (χ1v) is 10.6. The van der Waals surface area contributed by atoms with E-state index in [1.165, 1.54) is 7.11 Å². The Hall–Kier alpha value is -2.40. The number of ether oxygens (including phenoxy) is 3. The second kappa shape index (κ2) is 13.7. The van der Waals surface area contributed by atoms with Crippen LogP contribution in [0.3, 0.4) is 0 Å². The normalized spacial score (nSPS) is 11.1. The molecule has 0 bridgehead atoms. The molecule has 0 radical (unpaired) electrons. The number of rotatable bonds is 10.